The maximum Gasteiger partial charge on any atom is 0.173 e. The van der Waals surface area contributed by atoms with E-state index in [2.05, 4.69) is 6.58 Å². The molecule has 4 nitrogen and oxygen atoms in total. The maximum atomic E-state index is 13.1. The van der Waals surface area contributed by atoms with Gasteiger partial charge in [-0.2, -0.15) is 0 Å². The molecule has 0 aromatic heterocycles. The van der Waals surface area contributed by atoms with E-state index in [0.717, 1.165) is 28.0 Å². The number of rotatable bonds is 6. The number of carbonyl (C=O) groups excluding carboxylic acids is 1. The van der Waals surface area contributed by atoms with Gasteiger partial charge < -0.3 is 10.2 Å². The van der Waals surface area contributed by atoms with Crippen molar-refractivity contribution in [2.24, 2.45) is 4.99 Å². The molecule has 0 radical (unpaired) electrons. The van der Waals surface area contributed by atoms with Crippen molar-refractivity contribution in [2.75, 3.05) is 6.61 Å². The molecule has 1 atom stereocenters. The zero-order chi connectivity index (χ0) is 21.2. The van der Waals surface area contributed by atoms with E-state index in [1.165, 1.54) is 0 Å². The Labute approximate surface area is 171 Å². The molecule has 0 bridgehead atoms. The normalized spacial score (nSPS) is 19.5. The van der Waals surface area contributed by atoms with Crippen molar-refractivity contribution in [3.63, 3.8) is 0 Å². The number of ketones is 1. The number of allylic oxidation sites excluding steroid dienone is 3. The first-order valence-corrected chi connectivity index (χ1v) is 9.77. The zero-order valence-electron chi connectivity index (χ0n) is 17.2. The first-order chi connectivity index (χ1) is 13.9. The van der Waals surface area contributed by atoms with Gasteiger partial charge in [-0.1, -0.05) is 43.0 Å². The standard InChI is InChI=1S/C25H27NO3/c1-5-20-22(26-18(4)19-10-6-7-12-23(19)28)13-14-25(20,24(29)15-27)21-11-8-9-16(2)17(21)3/h5-12,27-28H,1,13-15H2,2-4H3/t25-/m0/s1. The monoisotopic (exact) mass is 389 g/mol. The highest BCUT2D eigenvalue weighted by Gasteiger charge is 2.47. The number of aliphatic hydroxyl groups is 1. The second-order valence-corrected chi connectivity index (χ2v) is 7.51. The summed E-state index contributed by atoms with van der Waals surface area (Å²) in [7, 11) is 0. The number of phenolic OH excluding ortho intramolecular Hbond substituents is 1. The van der Waals surface area contributed by atoms with Gasteiger partial charge in [0.1, 0.15) is 12.4 Å². The molecule has 0 spiro atoms. The maximum absolute atomic E-state index is 13.1. The Kier molecular flexibility index (Phi) is 5.85. The van der Waals surface area contributed by atoms with Crippen LogP contribution in [0.25, 0.3) is 0 Å². The molecule has 2 aromatic rings. The summed E-state index contributed by atoms with van der Waals surface area (Å²) in [6.07, 6.45) is 2.82. The molecule has 0 saturated heterocycles. The van der Waals surface area contributed by atoms with E-state index in [9.17, 15) is 15.0 Å². The number of Topliss-reactive ketones (excluding diaryl/α,β-unsaturated/α-hetero) is 1. The Morgan fingerprint density at radius 2 is 1.93 bits per heavy atom. The number of nitrogens with zero attached hydrogens (tertiary/aromatic N) is 1. The third-order valence-electron chi connectivity index (χ3n) is 5.99. The van der Waals surface area contributed by atoms with Crippen LogP contribution < -0.4 is 0 Å². The van der Waals surface area contributed by atoms with Crippen LogP contribution in [-0.2, 0) is 10.2 Å². The minimum atomic E-state index is -0.954. The fourth-order valence-corrected chi connectivity index (χ4v) is 4.34. The summed E-state index contributed by atoms with van der Waals surface area (Å²) in [6, 6.07) is 13.0. The molecular formula is C25H27NO3. The van der Waals surface area contributed by atoms with Gasteiger partial charge in [-0.3, -0.25) is 9.79 Å². The minimum Gasteiger partial charge on any atom is -0.507 e. The number of hydrogen-bond acceptors (Lipinski definition) is 4. The Hall–Kier alpha value is -2.98. The van der Waals surface area contributed by atoms with Crippen LogP contribution in [0.15, 0.2) is 71.4 Å². The number of aryl methyl sites for hydroxylation is 1. The van der Waals surface area contributed by atoms with Gasteiger partial charge in [0, 0.05) is 17.0 Å². The molecule has 1 aliphatic carbocycles. The Bertz CT molecular complexity index is 1030. The average molecular weight is 389 g/mol. The highest BCUT2D eigenvalue weighted by molar-refractivity contribution is 6.02. The summed E-state index contributed by atoms with van der Waals surface area (Å²) in [5.41, 5.74) is 4.91. The summed E-state index contributed by atoms with van der Waals surface area (Å²) in [4.78, 5) is 17.9. The number of para-hydroxylation sites is 1. The second kappa shape index (κ2) is 8.18. The summed E-state index contributed by atoms with van der Waals surface area (Å²) in [6.45, 7) is 9.29. The van der Waals surface area contributed by atoms with Gasteiger partial charge in [-0.25, -0.2) is 0 Å². The summed E-state index contributed by atoms with van der Waals surface area (Å²) in [5, 5.41) is 20.0. The van der Waals surface area contributed by atoms with Crippen LogP contribution in [-0.4, -0.2) is 28.3 Å². The zero-order valence-corrected chi connectivity index (χ0v) is 17.2. The minimum absolute atomic E-state index is 0.166. The number of aliphatic hydroxyl groups excluding tert-OH is 1. The molecule has 0 unspecified atom stereocenters. The molecule has 0 fully saturated rings. The number of aromatic hydroxyl groups is 1. The van der Waals surface area contributed by atoms with Crippen molar-refractivity contribution >= 4 is 11.5 Å². The second-order valence-electron chi connectivity index (χ2n) is 7.51. The topological polar surface area (TPSA) is 69.9 Å². The van der Waals surface area contributed by atoms with Crippen LogP contribution in [0.1, 0.15) is 42.0 Å². The molecule has 0 amide bonds. The van der Waals surface area contributed by atoms with Gasteiger partial charge in [0.25, 0.3) is 0 Å². The largest absolute Gasteiger partial charge is 0.507 e. The van der Waals surface area contributed by atoms with Gasteiger partial charge in [-0.05, 0) is 68.0 Å². The van der Waals surface area contributed by atoms with E-state index in [1.807, 2.05) is 51.1 Å². The Morgan fingerprint density at radius 3 is 2.59 bits per heavy atom. The molecule has 0 saturated carbocycles. The quantitative estimate of drug-likeness (QED) is 0.712. The van der Waals surface area contributed by atoms with E-state index >= 15 is 0 Å². The van der Waals surface area contributed by atoms with E-state index in [-0.39, 0.29) is 11.5 Å². The lowest BCUT2D eigenvalue weighted by Gasteiger charge is -2.32. The van der Waals surface area contributed by atoms with Crippen LogP contribution >= 0.6 is 0 Å². The van der Waals surface area contributed by atoms with E-state index < -0.39 is 12.0 Å². The average Bonchev–Trinajstić information content (AvgIpc) is 3.08. The predicted molar refractivity (Wildman–Crippen MR) is 116 cm³/mol. The SMILES string of the molecule is C=CC1=C(N=C(C)c2ccccc2O)CC[C@@]1(C(=O)CO)c1cccc(C)c1C. The molecule has 29 heavy (non-hydrogen) atoms. The number of phenols is 1. The molecule has 3 rings (SSSR count). The van der Waals surface area contributed by atoms with Crippen LogP contribution in [0.4, 0.5) is 0 Å². The van der Waals surface area contributed by atoms with Crippen LogP contribution in [0, 0.1) is 13.8 Å². The van der Waals surface area contributed by atoms with E-state index in [4.69, 9.17) is 4.99 Å². The Balaban J connectivity index is 2.22. The van der Waals surface area contributed by atoms with Gasteiger partial charge in [0.2, 0.25) is 0 Å². The lowest BCUT2D eigenvalue weighted by Crippen LogP contribution is -2.38. The third kappa shape index (κ3) is 3.45. The van der Waals surface area contributed by atoms with Crippen molar-refractivity contribution in [1.29, 1.82) is 0 Å². The lowest BCUT2D eigenvalue weighted by atomic mass is 9.69. The highest BCUT2D eigenvalue weighted by atomic mass is 16.3. The summed E-state index contributed by atoms with van der Waals surface area (Å²) < 4.78 is 0. The van der Waals surface area contributed by atoms with Gasteiger partial charge in [0.15, 0.2) is 5.78 Å². The van der Waals surface area contributed by atoms with Crippen molar-refractivity contribution in [3.8, 4) is 5.75 Å². The molecule has 0 heterocycles. The number of hydrogen-bond donors (Lipinski definition) is 2. The lowest BCUT2D eigenvalue weighted by molar-refractivity contribution is -0.126. The first kappa shape index (κ1) is 20.7. The van der Waals surface area contributed by atoms with Crippen LogP contribution in [0.5, 0.6) is 5.75 Å². The highest BCUT2D eigenvalue weighted by Crippen LogP contribution is 2.48. The van der Waals surface area contributed by atoms with Crippen molar-refractivity contribution in [2.45, 2.75) is 39.0 Å². The molecular weight excluding hydrogens is 362 g/mol. The molecule has 2 N–H and O–H groups in total. The van der Waals surface area contributed by atoms with Crippen molar-refractivity contribution < 1.29 is 15.0 Å². The number of aliphatic imine (C=N–C) groups is 1. The molecule has 1 aliphatic rings. The molecule has 2 aromatic carbocycles. The van der Waals surface area contributed by atoms with Crippen LogP contribution in [0.2, 0.25) is 0 Å². The van der Waals surface area contributed by atoms with Crippen molar-refractivity contribution in [1.82, 2.24) is 0 Å². The van der Waals surface area contributed by atoms with Gasteiger partial charge >= 0.3 is 0 Å². The Morgan fingerprint density at radius 1 is 1.21 bits per heavy atom. The van der Waals surface area contributed by atoms with Gasteiger partial charge in [-0.15, -0.1) is 0 Å². The number of carbonyl (C=O) groups is 1. The first-order valence-electron chi connectivity index (χ1n) is 9.77. The molecule has 4 heteroatoms. The smallest absolute Gasteiger partial charge is 0.173 e. The fraction of sp³-hybridized carbons (Fsp3) is 0.280. The molecule has 0 aliphatic heterocycles. The predicted octanol–water partition coefficient (Wildman–Crippen LogP) is 4.55. The third-order valence-corrected chi connectivity index (χ3v) is 5.99. The van der Waals surface area contributed by atoms with Crippen molar-refractivity contribution in [3.05, 3.63) is 88.6 Å². The number of benzene rings is 2. The van der Waals surface area contributed by atoms with Gasteiger partial charge in [0.05, 0.1) is 5.41 Å². The molecule has 150 valence electrons. The van der Waals surface area contributed by atoms with Crippen LogP contribution in [0.3, 0.4) is 0 Å². The van der Waals surface area contributed by atoms with E-state index in [0.29, 0.717) is 24.1 Å². The fourth-order valence-electron chi connectivity index (χ4n) is 4.34. The summed E-state index contributed by atoms with van der Waals surface area (Å²) in [5.74, 6) is -0.0776. The summed E-state index contributed by atoms with van der Waals surface area (Å²) >= 11 is 0. The van der Waals surface area contributed by atoms with E-state index in [1.54, 1.807) is 18.2 Å².